The van der Waals surface area contributed by atoms with Crippen LogP contribution in [0.1, 0.15) is 40.3 Å². The van der Waals surface area contributed by atoms with Gasteiger partial charge in [-0.2, -0.15) is 0 Å². The van der Waals surface area contributed by atoms with E-state index in [-0.39, 0.29) is 5.91 Å². The van der Waals surface area contributed by atoms with E-state index in [1.165, 1.54) is 27.6 Å². The maximum Gasteiger partial charge on any atom is 0.267 e. The number of nitrogens with zero attached hydrogens (tertiary/aromatic N) is 2. The molecule has 19 heavy (non-hydrogen) atoms. The molecule has 1 N–H and O–H groups in total. The molecule has 2 aromatic heterocycles. The molecule has 102 valence electrons. The highest BCUT2D eigenvalue weighted by molar-refractivity contribution is 7.16. The van der Waals surface area contributed by atoms with Crippen LogP contribution in [0.15, 0.2) is 12.1 Å². The van der Waals surface area contributed by atoms with Gasteiger partial charge in [-0.25, -0.2) is 0 Å². The van der Waals surface area contributed by atoms with Crippen LogP contribution in [0.4, 0.5) is 5.13 Å². The predicted octanol–water partition coefficient (Wildman–Crippen LogP) is 3.61. The number of amides is 1. The zero-order chi connectivity index (χ0) is 13.8. The van der Waals surface area contributed by atoms with Crippen LogP contribution in [-0.2, 0) is 12.8 Å². The van der Waals surface area contributed by atoms with E-state index in [1.54, 1.807) is 0 Å². The molecule has 2 aromatic rings. The van der Waals surface area contributed by atoms with Gasteiger partial charge in [-0.3, -0.25) is 10.1 Å². The van der Waals surface area contributed by atoms with E-state index in [4.69, 9.17) is 0 Å². The average Bonchev–Trinajstić information content (AvgIpc) is 2.97. The second-order valence-electron chi connectivity index (χ2n) is 4.67. The van der Waals surface area contributed by atoms with Crippen LogP contribution >= 0.6 is 22.7 Å². The normalized spacial score (nSPS) is 10.9. The molecule has 0 saturated heterocycles. The summed E-state index contributed by atoms with van der Waals surface area (Å²) in [5.74, 6) is 0.442. The van der Waals surface area contributed by atoms with Crippen molar-refractivity contribution >= 4 is 33.7 Å². The summed E-state index contributed by atoms with van der Waals surface area (Å²) < 4.78 is 0. The summed E-state index contributed by atoms with van der Waals surface area (Å²) in [6.45, 7) is 6.35. The Morgan fingerprint density at radius 1 is 1.32 bits per heavy atom. The van der Waals surface area contributed by atoms with E-state index in [0.717, 1.165) is 22.7 Å². The molecule has 0 fully saturated rings. The summed E-state index contributed by atoms with van der Waals surface area (Å²) in [5, 5.41) is 12.4. The number of carbonyl (C=O) groups is 1. The van der Waals surface area contributed by atoms with Gasteiger partial charge >= 0.3 is 0 Å². The van der Waals surface area contributed by atoms with Crippen molar-refractivity contribution in [3.05, 3.63) is 26.9 Å². The summed E-state index contributed by atoms with van der Waals surface area (Å²) in [6, 6.07) is 3.85. The molecule has 0 radical (unpaired) electrons. The molecule has 2 rings (SSSR count). The number of hydrogen-bond acceptors (Lipinski definition) is 5. The Labute approximate surface area is 120 Å². The van der Waals surface area contributed by atoms with Crippen LogP contribution in [0.2, 0.25) is 0 Å². The monoisotopic (exact) mass is 295 g/mol. The first kappa shape index (κ1) is 14.1. The fourth-order valence-electron chi connectivity index (χ4n) is 1.58. The summed E-state index contributed by atoms with van der Waals surface area (Å²) in [6.07, 6.45) is 1.85. The SMILES string of the molecule is CCc1ccc(C(=O)Nc2nnc(CC(C)C)s2)s1. The van der Waals surface area contributed by atoms with E-state index < -0.39 is 0 Å². The molecule has 0 spiro atoms. The fourth-order valence-corrected chi connectivity index (χ4v) is 3.37. The number of aromatic nitrogens is 2. The average molecular weight is 295 g/mol. The molecule has 0 atom stereocenters. The lowest BCUT2D eigenvalue weighted by atomic mass is 10.1. The maximum atomic E-state index is 12.0. The highest BCUT2D eigenvalue weighted by atomic mass is 32.1. The first-order valence-corrected chi connectivity index (χ1v) is 7.94. The Hall–Kier alpha value is -1.27. The molecule has 6 heteroatoms. The van der Waals surface area contributed by atoms with Crippen LogP contribution in [-0.4, -0.2) is 16.1 Å². The van der Waals surface area contributed by atoms with Crippen molar-refractivity contribution in [2.24, 2.45) is 5.92 Å². The number of nitrogens with one attached hydrogen (secondary N) is 1. The van der Waals surface area contributed by atoms with E-state index in [1.807, 2.05) is 12.1 Å². The molecule has 0 aliphatic carbocycles. The first-order chi connectivity index (χ1) is 9.08. The van der Waals surface area contributed by atoms with Crippen molar-refractivity contribution < 1.29 is 4.79 Å². The lowest BCUT2D eigenvalue weighted by Gasteiger charge is -1.98. The lowest BCUT2D eigenvalue weighted by molar-refractivity contribution is 0.103. The molecule has 1 amide bonds. The third kappa shape index (κ3) is 3.84. The first-order valence-electron chi connectivity index (χ1n) is 6.31. The summed E-state index contributed by atoms with van der Waals surface area (Å²) in [7, 11) is 0. The Kier molecular flexibility index (Phi) is 4.66. The number of hydrogen-bond donors (Lipinski definition) is 1. The molecule has 0 aromatic carbocycles. The van der Waals surface area contributed by atoms with Gasteiger partial charge in [-0.15, -0.1) is 21.5 Å². The summed E-state index contributed by atoms with van der Waals surface area (Å²) in [5.41, 5.74) is 0. The van der Waals surface area contributed by atoms with Crippen molar-refractivity contribution in [1.82, 2.24) is 10.2 Å². The minimum atomic E-state index is -0.100. The number of aryl methyl sites for hydroxylation is 1. The van der Waals surface area contributed by atoms with E-state index in [2.05, 4.69) is 36.3 Å². The summed E-state index contributed by atoms with van der Waals surface area (Å²) >= 11 is 2.97. The Balaban J connectivity index is 2.00. The molecule has 0 bridgehead atoms. The minimum absolute atomic E-state index is 0.100. The molecule has 0 saturated carbocycles. The Morgan fingerprint density at radius 2 is 2.11 bits per heavy atom. The second-order valence-corrected chi connectivity index (χ2v) is 6.90. The highest BCUT2D eigenvalue weighted by Crippen LogP contribution is 2.21. The van der Waals surface area contributed by atoms with Crippen molar-refractivity contribution in [3.8, 4) is 0 Å². The lowest BCUT2D eigenvalue weighted by Crippen LogP contribution is -2.09. The van der Waals surface area contributed by atoms with Crippen LogP contribution < -0.4 is 5.32 Å². The number of carbonyl (C=O) groups excluding carboxylic acids is 1. The van der Waals surface area contributed by atoms with Crippen LogP contribution in [0.25, 0.3) is 0 Å². The van der Waals surface area contributed by atoms with Gasteiger partial charge in [0.25, 0.3) is 5.91 Å². The molecular weight excluding hydrogens is 278 g/mol. The quantitative estimate of drug-likeness (QED) is 0.916. The van der Waals surface area contributed by atoms with Crippen LogP contribution in [0.3, 0.4) is 0 Å². The number of rotatable bonds is 5. The predicted molar refractivity (Wildman–Crippen MR) is 80.1 cm³/mol. The Bertz CT molecular complexity index is 560. The Morgan fingerprint density at radius 3 is 2.74 bits per heavy atom. The van der Waals surface area contributed by atoms with Gasteiger partial charge in [0.15, 0.2) is 0 Å². The molecule has 4 nitrogen and oxygen atoms in total. The molecular formula is C13H17N3OS2. The van der Waals surface area contributed by atoms with Crippen molar-refractivity contribution in [3.63, 3.8) is 0 Å². The topological polar surface area (TPSA) is 54.9 Å². The van der Waals surface area contributed by atoms with Gasteiger partial charge in [0.05, 0.1) is 4.88 Å². The molecule has 0 aliphatic heterocycles. The smallest absolute Gasteiger partial charge is 0.267 e. The third-order valence-corrected chi connectivity index (χ3v) is 4.59. The van der Waals surface area contributed by atoms with E-state index >= 15 is 0 Å². The van der Waals surface area contributed by atoms with Gasteiger partial charge in [0, 0.05) is 11.3 Å². The fraction of sp³-hybridized carbons (Fsp3) is 0.462. The highest BCUT2D eigenvalue weighted by Gasteiger charge is 2.12. The maximum absolute atomic E-state index is 12.0. The van der Waals surface area contributed by atoms with Crippen molar-refractivity contribution in [2.45, 2.75) is 33.6 Å². The second kappa shape index (κ2) is 6.25. The third-order valence-electron chi connectivity index (χ3n) is 2.50. The van der Waals surface area contributed by atoms with Crippen molar-refractivity contribution in [2.75, 3.05) is 5.32 Å². The van der Waals surface area contributed by atoms with Crippen LogP contribution in [0.5, 0.6) is 0 Å². The molecule has 0 aliphatic rings. The van der Waals surface area contributed by atoms with Gasteiger partial charge in [-0.05, 0) is 24.5 Å². The van der Waals surface area contributed by atoms with E-state index in [9.17, 15) is 4.79 Å². The standard InChI is InChI=1S/C13H17N3OS2/c1-4-9-5-6-10(18-9)12(17)14-13-16-15-11(19-13)7-8(2)3/h5-6,8H,4,7H2,1-3H3,(H,14,16,17). The largest absolute Gasteiger partial charge is 0.296 e. The van der Waals surface area contributed by atoms with Gasteiger partial charge in [0.1, 0.15) is 5.01 Å². The number of anilines is 1. The number of thiophene rings is 1. The summed E-state index contributed by atoms with van der Waals surface area (Å²) in [4.78, 5) is 13.9. The zero-order valence-electron chi connectivity index (χ0n) is 11.3. The van der Waals surface area contributed by atoms with Gasteiger partial charge < -0.3 is 0 Å². The van der Waals surface area contributed by atoms with Crippen molar-refractivity contribution in [1.29, 1.82) is 0 Å². The van der Waals surface area contributed by atoms with Gasteiger partial charge in [-0.1, -0.05) is 32.1 Å². The van der Waals surface area contributed by atoms with Crippen LogP contribution in [0, 0.1) is 5.92 Å². The molecule has 2 heterocycles. The zero-order valence-corrected chi connectivity index (χ0v) is 12.9. The minimum Gasteiger partial charge on any atom is -0.296 e. The van der Waals surface area contributed by atoms with E-state index in [0.29, 0.717) is 11.0 Å². The van der Waals surface area contributed by atoms with Gasteiger partial charge in [0.2, 0.25) is 5.13 Å². The molecule has 0 unspecified atom stereocenters.